The lowest BCUT2D eigenvalue weighted by Crippen LogP contribution is -2.14. The SMILES string of the molecule is C=CC(=O)OCCOCCOc1cc(OCCOC)c(OCCOCCOC(=O)C=C)c2ccccc12. The van der Waals surface area contributed by atoms with Crippen LogP contribution in [0.5, 0.6) is 17.2 Å². The van der Waals surface area contributed by atoms with Gasteiger partial charge in [-0.1, -0.05) is 37.4 Å². The summed E-state index contributed by atoms with van der Waals surface area (Å²) in [6.07, 6.45) is 2.20. The van der Waals surface area contributed by atoms with Crippen molar-refractivity contribution < 1.29 is 47.5 Å². The molecule has 0 aliphatic rings. The number of esters is 2. The second-order valence-corrected chi connectivity index (χ2v) is 7.25. The van der Waals surface area contributed by atoms with Crippen molar-refractivity contribution in [3.05, 3.63) is 55.6 Å². The lowest BCUT2D eigenvalue weighted by molar-refractivity contribution is -0.140. The fraction of sp³-hybridized carbons (Fsp3) is 0.407. The Morgan fingerprint density at radius 3 is 1.78 bits per heavy atom. The zero-order chi connectivity index (χ0) is 26.7. The van der Waals surface area contributed by atoms with E-state index in [1.165, 1.54) is 0 Å². The Bertz CT molecular complexity index is 1000. The summed E-state index contributed by atoms with van der Waals surface area (Å²) >= 11 is 0. The third kappa shape index (κ3) is 10.9. The van der Waals surface area contributed by atoms with E-state index in [1.807, 2.05) is 24.3 Å². The van der Waals surface area contributed by atoms with Crippen LogP contribution in [0.4, 0.5) is 0 Å². The number of ether oxygens (including phenoxy) is 8. The van der Waals surface area contributed by atoms with Crippen LogP contribution in [0.3, 0.4) is 0 Å². The number of rotatable bonds is 20. The maximum atomic E-state index is 11.1. The maximum Gasteiger partial charge on any atom is 0.330 e. The third-order valence-corrected chi connectivity index (χ3v) is 4.70. The van der Waals surface area contributed by atoms with Gasteiger partial charge in [0.15, 0.2) is 11.5 Å². The molecule has 0 aromatic heterocycles. The first-order valence-electron chi connectivity index (χ1n) is 11.8. The summed E-state index contributed by atoms with van der Waals surface area (Å²) in [7, 11) is 1.59. The van der Waals surface area contributed by atoms with Gasteiger partial charge < -0.3 is 37.9 Å². The average molecular weight is 519 g/mol. The molecule has 0 saturated carbocycles. The van der Waals surface area contributed by atoms with Crippen molar-refractivity contribution in [2.75, 3.05) is 73.2 Å². The Labute approximate surface area is 216 Å². The fourth-order valence-corrected chi connectivity index (χ4v) is 3.04. The second kappa shape index (κ2) is 17.8. The van der Waals surface area contributed by atoms with Crippen LogP contribution in [-0.2, 0) is 33.3 Å². The number of carbonyl (C=O) groups excluding carboxylic acids is 2. The molecule has 0 bridgehead atoms. The molecule has 0 N–H and O–H groups in total. The van der Waals surface area contributed by atoms with Gasteiger partial charge in [0.1, 0.15) is 38.8 Å². The van der Waals surface area contributed by atoms with Crippen LogP contribution in [-0.4, -0.2) is 85.1 Å². The minimum absolute atomic E-state index is 0.134. The summed E-state index contributed by atoms with van der Waals surface area (Å²) in [5.74, 6) is 0.684. The van der Waals surface area contributed by atoms with E-state index in [0.29, 0.717) is 37.1 Å². The number of benzene rings is 2. The van der Waals surface area contributed by atoms with Crippen LogP contribution >= 0.6 is 0 Å². The Balaban J connectivity index is 2.00. The molecule has 2 aromatic rings. The summed E-state index contributed by atoms with van der Waals surface area (Å²) in [6, 6.07) is 9.42. The van der Waals surface area contributed by atoms with Crippen LogP contribution in [0.15, 0.2) is 55.6 Å². The highest BCUT2D eigenvalue weighted by Gasteiger charge is 2.16. The Morgan fingerprint density at radius 1 is 0.676 bits per heavy atom. The quantitative estimate of drug-likeness (QED) is 0.147. The van der Waals surface area contributed by atoms with E-state index in [9.17, 15) is 9.59 Å². The molecule has 0 unspecified atom stereocenters. The zero-order valence-electron chi connectivity index (χ0n) is 21.1. The fourth-order valence-electron chi connectivity index (χ4n) is 3.04. The summed E-state index contributed by atoms with van der Waals surface area (Å²) < 4.78 is 43.7. The monoisotopic (exact) mass is 518 g/mol. The topological polar surface area (TPSA) is 108 Å². The molecule has 0 heterocycles. The number of carbonyl (C=O) groups is 2. The molecule has 10 heteroatoms. The van der Waals surface area contributed by atoms with E-state index in [0.717, 1.165) is 22.9 Å². The number of methoxy groups -OCH3 is 1. The molecule has 0 saturated heterocycles. The van der Waals surface area contributed by atoms with E-state index >= 15 is 0 Å². The van der Waals surface area contributed by atoms with Crippen LogP contribution in [0.25, 0.3) is 10.8 Å². The molecule has 2 aromatic carbocycles. The van der Waals surface area contributed by atoms with Crippen LogP contribution < -0.4 is 14.2 Å². The van der Waals surface area contributed by atoms with E-state index in [2.05, 4.69) is 13.2 Å². The Morgan fingerprint density at radius 2 is 1.19 bits per heavy atom. The van der Waals surface area contributed by atoms with E-state index in [1.54, 1.807) is 13.2 Å². The first-order valence-corrected chi connectivity index (χ1v) is 11.8. The van der Waals surface area contributed by atoms with Crippen LogP contribution in [0.1, 0.15) is 0 Å². The van der Waals surface area contributed by atoms with Crippen molar-refractivity contribution >= 4 is 22.7 Å². The molecule has 0 radical (unpaired) electrons. The Kier molecular flexibility index (Phi) is 14.2. The van der Waals surface area contributed by atoms with Crippen molar-refractivity contribution in [3.63, 3.8) is 0 Å². The summed E-state index contributed by atoms with van der Waals surface area (Å²) in [6.45, 7) is 9.29. The minimum atomic E-state index is -0.493. The Hall–Kier alpha value is -3.60. The van der Waals surface area contributed by atoms with Gasteiger partial charge in [0, 0.05) is 36.1 Å². The van der Waals surface area contributed by atoms with Gasteiger partial charge in [-0.25, -0.2) is 9.59 Å². The second-order valence-electron chi connectivity index (χ2n) is 7.25. The average Bonchev–Trinajstić information content (AvgIpc) is 2.92. The molecule has 0 atom stereocenters. The van der Waals surface area contributed by atoms with Crippen molar-refractivity contribution in [1.82, 2.24) is 0 Å². The first kappa shape index (κ1) is 29.6. The highest BCUT2D eigenvalue weighted by molar-refractivity contribution is 5.95. The number of fused-ring (bicyclic) bond motifs is 1. The van der Waals surface area contributed by atoms with Gasteiger partial charge in [0.2, 0.25) is 0 Å². The van der Waals surface area contributed by atoms with Crippen LogP contribution in [0.2, 0.25) is 0 Å². The van der Waals surface area contributed by atoms with Crippen LogP contribution in [0, 0.1) is 0 Å². The van der Waals surface area contributed by atoms with Crippen molar-refractivity contribution in [2.45, 2.75) is 0 Å². The summed E-state index contributed by atoms with van der Waals surface area (Å²) in [5, 5.41) is 1.65. The molecular weight excluding hydrogens is 484 g/mol. The lowest BCUT2D eigenvalue weighted by Gasteiger charge is -2.18. The number of hydrogen-bond acceptors (Lipinski definition) is 10. The first-order chi connectivity index (χ1) is 18.1. The molecule has 10 nitrogen and oxygen atoms in total. The molecule has 0 aliphatic carbocycles. The molecule has 2 rings (SSSR count). The molecule has 0 fully saturated rings. The molecule has 0 spiro atoms. The van der Waals surface area contributed by atoms with E-state index in [4.69, 9.17) is 37.9 Å². The van der Waals surface area contributed by atoms with E-state index < -0.39 is 11.9 Å². The molecule has 0 aliphatic heterocycles. The van der Waals surface area contributed by atoms with Crippen molar-refractivity contribution in [3.8, 4) is 17.2 Å². The summed E-state index contributed by atoms with van der Waals surface area (Å²) in [4.78, 5) is 22.1. The summed E-state index contributed by atoms with van der Waals surface area (Å²) in [5.41, 5.74) is 0. The van der Waals surface area contributed by atoms with Gasteiger partial charge in [0.25, 0.3) is 0 Å². The lowest BCUT2D eigenvalue weighted by atomic mass is 10.1. The van der Waals surface area contributed by atoms with Gasteiger partial charge >= 0.3 is 11.9 Å². The zero-order valence-corrected chi connectivity index (χ0v) is 21.1. The van der Waals surface area contributed by atoms with Gasteiger partial charge in [-0.05, 0) is 0 Å². The largest absolute Gasteiger partial charge is 0.490 e. The smallest absolute Gasteiger partial charge is 0.330 e. The third-order valence-electron chi connectivity index (χ3n) is 4.70. The van der Waals surface area contributed by atoms with E-state index in [-0.39, 0.29) is 46.2 Å². The molecule has 0 amide bonds. The van der Waals surface area contributed by atoms with Gasteiger partial charge in [-0.2, -0.15) is 0 Å². The minimum Gasteiger partial charge on any atom is -0.490 e. The van der Waals surface area contributed by atoms with Gasteiger partial charge in [0.05, 0.1) is 33.0 Å². The standard InChI is InChI=1S/C27H34O10/c1-4-25(28)35-17-12-31-11-16-33-23-20-24(34-15-10-30-3)27(22-9-7-6-8-21(22)23)37-19-14-32-13-18-36-26(29)5-2/h4-9,20H,1-2,10-19H2,3H3. The molecule has 37 heavy (non-hydrogen) atoms. The highest BCUT2D eigenvalue weighted by atomic mass is 16.6. The highest BCUT2D eigenvalue weighted by Crippen LogP contribution is 2.41. The number of hydrogen-bond donors (Lipinski definition) is 0. The van der Waals surface area contributed by atoms with Gasteiger partial charge in [-0.15, -0.1) is 0 Å². The normalized spacial score (nSPS) is 10.5. The molecule has 202 valence electrons. The van der Waals surface area contributed by atoms with Gasteiger partial charge in [-0.3, -0.25) is 0 Å². The molecular formula is C27H34O10. The van der Waals surface area contributed by atoms with Crippen molar-refractivity contribution in [2.24, 2.45) is 0 Å². The maximum absolute atomic E-state index is 11.1. The predicted molar refractivity (Wildman–Crippen MR) is 136 cm³/mol. The van der Waals surface area contributed by atoms with Crippen molar-refractivity contribution in [1.29, 1.82) is 0 Å². The predicted octanol–water partition coefficient (Wildman–Crippen LogP) is 3.11.